The van der Waals surface area contributed by atoms with Crippen molar-refractivity contribution in [3.63, 3.8) is 0 Å². The summed E-state index contributed by atoms with van der Waals surface area (Å²) in [6.07, 6.45) is 5.36. The Morgan fingerprint density at radius 3 is 2.41 bits per heavy atom. The van der Waals surface area contributed by atoms with Crippen molar-refractivity contribution in [1.29, 1.82) is 0 Å². The van der Waals surface area contributed by atoms with Crippen molar-refractivity contribution in [1.82, 2.24) is 10.6 Å². The summed E-state index contributed by atoms with van der Waals surface area (Å²) in [7, 11) is 0. The van der Waals surface area contributed by atoms with E-state index in [1.807, 2.05) is 13.8 Å². The Hall–Kier alpha value is -1.26. The Balaban J connectivity index is 2.44. The number of rotatable bonds is 5. The predicted molar refractivity (Wildman–Crippen MR) is 64.9 cm³/mol. The molecule has 1 unspecified atom stereocenters. The minimum atomic E-state index is -0.974. The van der Waals surface area contributed by atoms with Crippen LogP contribution in [0.3, 0.4) is 0 Å². The van der Waals surface area contributed by atoms with E-state index in [4.69, 9.17) is 5.11 Å². The van der Waals surface area contributed by atoms with Crippen LogP contribution in [0.5, 0.6) is 0 Å². The van der Waals surface area contributed by atoms with Crippen molar-refractivity contribution < 1.29 is 14.7 Å². The van der Waals surface area contributed by atoms with Gasteiger partial charge in [-0.05, 0) is 26.2 Å². The molecule has 0 aromatic heterocycles. The van der Waals surface area contributed by atoms with Crippen LogP contribution in [0.4, 0.5) is 4.79 Å². The van der Waals surface area contributed by atoms with E-state index in [9.17, 15) is 9.59 Å². The number of urea groups is 1. The number of hydrogen-bond donors (Lipinski definition) is 3. The fourth-order valence-electron chi connectivity index (χ4n) is 2.29. The maximum atomic E-state index is 11.7. The van der Waals surface area contributed by atoms with Crippen molar-refractivity contribution >= 4 is 12.0 Å². The minimum absolute atomic E-state index is 0.167. The highest BCUT2D eigenvalue weighted by atomic mass is 16.4. The molecule has 1 fully saturated rings. The van der Waals surface area contributed by atoms with E-state index in [0.29, 0.717) is 6.42 Å². The first kappa shape index (κ1) is 13.8. The third-order valence-electron chi connectivity index (χ3n) is 3.30. The third kappa shape index (κ3) is 4.24. The number of amides is 2. The smallest absolute Gasteiger partial charge is 0.326 e. The lowest BCUT2D eigenvalue weighted by molar-refractivity contribution is -0.139. The normalized spacial score (nSPS) is 19.6. The number of hydrogen-bond acceptors (Lipinski definition) is 2. The molecule has 0 aliphatic heterocycles. The van der Waals surface area contributed by atoms with E-state index in [-0.39, 0.29) is 11.6 Å². The summed E-state index contributed by atoms with van der Waals surface area (Å²) < 4.78 is 0. The molecule has 0 aromatic rings. The topological polar surface area (TPSA) is 78.4 Å². The summed E-state index contributed by atoms with van der Waals surface area (Å²) in [6, 6.07) is -1.15. The number of carboxylic acid groups (broad SMARTS) is 1. The van der Waals surface area contributed by atoms with E-state index in [1.54, 1.807) is 0 Å². The van der Waals surface area contributed by atoms with Gasteiger partial charge in [0.1, 0.15) is 6.04 Å². The zero-order valence-electron chi connectivity index (χ0n) is 10.6. The van der Waals surface area contributed by atoms with Crippen LogP contribution in [-0.2, 0) is 4.79 Å². The first-order valence-corrected chi connectivity index (χ1v) is 6.28. The predicted octanol–water partition coefficient (Wildman–Crippen LogP) is 1.87. The van der Waals surface area contributed by atoms with Gasteiger partial charge in [0, 0.05) is 5.54 Å². The van der Waals surface area contributed by atoms with Gasteiger partial charge in [0.25, 0.3) is 0 Å². The third-order valence-corrected chi connectivity index (χ3v) is 3.30. The number of carboxylic acids is 1. The monoisotopic (exact) mass is 242 g/mol. The number of aliphatic carboxylic acids is 1. The molecule has 5 nitrogen and oxygen atoms in total. The molecule has 17 heavy (non-hydrogen) atoms. The molecule has 0 bridgehead atoms. The zero-order valence-corrected chi connectivity index (χ0v) is 10.6. The molecule has 1 rings (SSSR count). The van der Waals surface area contributed by atoms with Crippen LogP contribution in [0.2, 0.25) is 0 Å². The largest absolute Gasteiger partial charge is 0.480 e. The molecule has 1 saturated carbocycles. The van der Waals surface area contributed by atoms with E-state index in [2.05, 4.69) is 10.6 Å². The molecule has 0 saturated heterocycles. The van der Waals surface area contributed by atoms with Gasteiger partial charge in [0.15, 0.2) is 0 Å². The Labute approximate surface area is 102 Å². The Morgan fingerprint density at radius 2 is 1.94 bits per heavy atom. The average Bonchev–Trinajstić information content (AvgIpc) is 2.63. The van der Waals surface area contributed by atoms with Crippen LogP contribution in [0.15, 0.2) is 0 Å². The van der Waals surface area contributed by atoms with Crippen LogP contribution in [0.1, 0.15) is 52.4 Å². The molecular formula is C12H22N2O3. The summed E-state index contributed by atoms with van der Waals surface area (Å²) in [5.41, 5.74) is -0.167. The lowest BCUT2D eigenvalue weighted by Crippen LogP contribution is -2.52. The van der Waals surface area contributed by atoms with Crippen LogP contribution in [0.25, 0.3) is 0 Å². The fraction of sp³-hybridized carbons (Fsp3) is 0.833. The first-order valence-electron chi connectivity index (χ1n) is 6.28. The van der Waals surface area contributed by atoms with Gasteiger partial charge >= 0.3 is 12.0 Å². The van der Waals surface area contributed by atoms with Crippen LogP contribution < -0.4 is 10.6 Å². The highest BCUT2D eigenvalue weighted by Crippen LogP contribution is 2.28. The van der Waals surface area contributed by atoms with Crippen molar-refractivity contribution in [3.8, 4) is 0 Å². The van der Waals surface area contributed by atoms with E-state index < -0.39 is 12.0 Å². The quantitative estimate of drug-likeness (QED) is 0.688. The van der Waals surface area contributed by atoms with E-state index in [1.165, 1.54) is 0 Å². The fourth-order valence-corrected chi connectivity index (χ4v) is 2.29. The van der Waals surface area contributed by atoms with Crippen molar-refractivity contribution in [2.45, 2.75) is 64.0 Å². The van der Waals surface area contributed by atoms with Gasteiger partial charge in [-0.1, -0.05) is 26.2 Å². The van der Waals surface area contributed by atoms with E-state index >= 15 is 0 Å². The first-order chi connectivity index (χ1) is 7.97. The summed E-state index contributed by atoms with van der Waals surface area (Å²) >= 11 is 0. The zero-order chi connectivity index (χ0) is 12.9. The van der Waals surface area contributed by atoms with Gasteiger partial charge in [-0.25, -0.2) is 9.59 Å². The summed E-state index contributed by atoms with van der Waals surface area (Å²) in [6.45, 7) is 3.91. The van der Waals surface area contributed by atoms with Gasteiger partial charge in [-0.15, -0.1) is 0 Å². The second-order valence-corrected chi connectivity index (χ2v) is 5.05. The minimum Gasteiger partial charge on any atom is -0.480 e. The number of carbonyl (C=O) groups excluding carboxylic acids is 1. The van der Waals surface area contributed by atoms with Gasteiger partial charge < -0.3 is 15.7 Å². The van der Waals surface area contributed by atoms with Gasteiger partial charge in [-0.3, -0.25) is 0 Å². The van der Waals surface area contributed by atoms with Crippen molar-refractivity contribution in [3.05, 3.63) is 0 Å². The maximum absolute atomic E-state index is 11.7. The lowest BCUT2D eigenvalue weighted by Gasteiger charge is -2.26. The Morgan fingerprint density at radius 1 is 1.35 bits per heavy atom. The molecular weight excluding hydrogens is 220 g/mol. The molecule has 5 heteroatoms. The van der Waals surface area contributed by atoms with Crippen molar-refractivity contribution in [2.24, 2.45) is 0 Å². The Bertz CT molecular complexity index is 285. The average molecular weight is 242 g/mol. The second kappa shape index (κ2) is 5.89. The van der Waals surface area contributed by atoms with Crippen LogP contribution in [0, 0.1) is 0 Å². The molecule has 1 aliphatic rings. The molecule has 0 spiro atoms. The SMILES string of the molecule is CCCC(NC(=O)NC1(C)CCCC1)C(=O)O. The summed E-state index contributed by atoms with van der Waals surface area (Å²) in [4.78, 5) is 22.6. The van der Waals surface area contributed by atoms with Gasteiger partial charge in [-0.2, -0.15) is 0 Å². The maximum Gasteiger partial charge on any atom is 0.326 e. The molecule has 1 atom stereocenters. The molecule has 1 aliphatic carbocycles. The number of nitrogens with one attached hydrogen (secondary N) is 2. The Kier molecular flexibility index (Phi) is 4.78. The molecule has 0 heterocycles. The summed E-state index contributed by atoms with van der Waals surface area (Å²) in [5.74, 6) is -0.974. The molecule has 2 amide bonds. The van der Waals surface area contributed by atoms with Crippen LogP contribution >= 0.6 is 0 Å². The lowest BCUT2D eigenvalue weighted by atomic mass is 10.0. The number of carbonyl (C=O) groups is 2. The molecule has 98 valence electrons. The van der Waals surface area contributed by atoms with Crippen LogP contribution in [-0.4, -0.2) is 28.7 Å². The second-order valence-electron chi connectivity index (χ2n) is 5.05. The summed E-state index contributed by atoms with van der Waals surface area (Å²) in [5, 5.41) is 14.3. The molecule has 3 N–H and O–H groups in total. The standard InChI is InChI=1S/C12H22N2O3/c1-3-6-9(10(15)16)13-11(17)14-12(2)7-4-5-8-12/h9H,3-8H2,1-2H3,(H,15,16)(H2,13,14,17). The highest BCUT2D eigenvalue weighted by Gasteiger charge is 2.31. The molecule has 0 radical (unpaired) electrons. The van der Waals surface area contributed by atoms with Gasteiger partial charge in [0.05, 0.1) is 0 Å². The van der Waals surface area contributed by atoms with Gasteiger partial charge in [0.2, 0.25) is 0 Å². The van der Waals surface area contributed by atoms with Crippen molar-refractivity contribution in [2.75, 3.05) is 0 Å². The van der Waals surface area contributed by atoms with E-state index in [0.717, 1.165) is 32.1 Å². The molecule has 0 aromatic carbocycles. The highest BCUT2D eigenvalue weighted by molar-refractivity contribution is 5.82.